The molecule has 0 fully saturated rings. The smallest absolute Gasteiger partial charge is 0.242 e. The van der Waals surface area contributed by atoms with Crippen LogP contribution in [0.2, 0.25) is 0 Å². The molecule has 6 heteroatoms. The van der Waals surface area contributed by atoms with Crippen LogP contribution in [0.15, 0.2) is 18.3 Å². The van der Waals surface area contributed by atoms with Crippen LogP contribution in [-0.4, -0.2) is 43.8 Å². The summed E-state index contributed by atoms with van der Waals surface area (Å²) in [4.78, 5) is 16.0. The molecule has 106 valence electrons. The first kappa shape index (κ1) is 15.2. The van der Waals surface area contributed by atoms with E-state index >= 15 is 0 Å². The van der Waals surface area contributed by atoms with Gasteiger partial charge in [0.1, 0.15) is 6.04 Å². The van der Waals surface area contributed by atoms with Crippen LogP contribution in [0.25, 0.3) is 0 Å². The lowest BCUT2D eigenvalue weighted by atomic mass is 10.3. The van der Waals surface area contributed by atoms with Crippen LogP contribution in [-0.2, 0) is 9.53 Å². The Hall–Kier alpha value is -1.82. The Kier molecular flexibility index (Phi) is 6.67. The lowest BCUT2D eigenvalue weighted by Crippen LogP contribution is -2.39. The van der Waals surface area contributed by atoms with E-state index in [2.05, 4.69) is 15.6 Å². The highest BCUT2D eigenvalue weighted by molar-refractivity contribution is 5.84. The molecule has 1 heterocycles. The second-order valence-corrected chi connectivity index (χ2v) is 3.93. The fraction of sp³-hybridized carbons (Fsp3) is 0.538. The number of carbonyl (C=O) groups is 1. The summed E-state index contributed by atoms with van der Waals surface area (Å²) in [7, 11) is 1.59. The van der Waals surface area contributed by atoms with Gasteiger partial charge in [-0.05, 0) is 26.0 Å². The highest BCUT2D eigenvalue weighted by Gasteiger charge is 2.14. The van der Waals surface area contributed by atoms with Crippen molar-refractivity contribution in [3.05, 3.63) is 18.3 Å². The number of anilines is 1. The summed E-state index contributed by atoms with van der Waals surface area (Å²) in [5.41, 5.74) is 0. The number of hydrogen-bond donors (Lipinski definition) is 2. The van der Waals surface area contributed by atoms with Crippen LogP contribution in [0.4, 0.5) is 5.82 Å². The predicted molar refractivity (Wildman–Crippen MR) is 73.4 cm³/mol. The Bertz CT molecular complexity index is 398. The summed E-state index contributed by atoms with van der Waals surface area (Å²) in [6.07, 6.45) is 1.65. The van der Waals surface area contributed by atoms with Gasteiger partial charge in [-0.3, -0.25) is 4.79 Å². The monoisotopic (exact) mass is 267 g/mol. The van der Waals surface area contributed by atoms with Gasteiger partial charge in [0.15, 0.2) is 11.6 Å². The van der Waals surface area contributed by atoms with E-state index in [0.29, 0.717) is 31.3 Å². The number of aromatic nitrogens is 1. The Morgan fingerprint density at radius 3 is 3.00 bits per heavy atom. The molecule has 2 N–H and O–H groups in total. The quantitative estimate of drug-likeness (QED) is 0.689. The topological polar surface area (TPSA) is 72.5 Å². The first-order valence-corrected chi connectivity index (χ1v) is 6.30. The number of methoxy groups -OCH3 is 1. The van der Waals surface area contributed by atoms with Gasteiger partial charge >= 0.3 is 0 Å². The number of nitrogens with zero attached hydrogens (tertiary/aromatic N) is 1. The summed E-state index contributed by atoms with van der Waals surface area (Å²) in [6.45, 7) is 5.20. The molecule has 0 aromatic carbocycles. The molecule has 0 spiro atoms. The van der Waals surface area contributed by atoms with E-state index < -0.39 is 6.04 Å². The van der Waals surface area contributed by atoms with Crippen molar-refractivity contribution in [2.75, 3.05) is 32.2 Å². The molecule has 0 saturated heterocycles. The van der Waals surface area contributed by atoms with E-state index in [9.17, 15) is 4.79 Å². The van der Waals surface area contributed by atoms with Crippen LogP contribution >= 0.6 is 0 Å². The van der Waals surface area contributed by atoms with Crippen molar-refractivity contribution in [3.8, 4) is 5.75 Å². The molecule has 1 atom stereocenters. The molecular formula is C13H21N3O3. The minimum Gasteiger partial charge on any atom is -0.490 e. The van der Waals surface area contributed by atoms with Gasteiger partial charge in [0.2, 0.25) is 5.91 Å². The molecule has 6 nitrogen and oxygen atoms in total. The molecule has 0 radical (unpaired) electrons. The summed E-state index contributed by atoms with van der Waals surface area (Å²) in [5.74, 6) is 1.10. The van der Waals surface area contributed by atoms with Gasteiger partial charge in [-0.15, -0.1) is 0 Å². The zero-order valence-electron chi connectivity index (χ0n) is 11.6. The molecule has 1 amide bonds. The molecule has 1 aromatic rings. The number of nitrogens with one attached hydrogen (secondary N) is 2. The summed E-state index contributed by atoms with van der Waals surface area (Å²) >= 11 is 0. The van der Waals surface area contributed by atoms with E-state index in [1.165, 1.54) is 0 Å². The zero-order chi connectivity index (χ0) is 14.1. The molecular weight excluding hydrogens is 246 g/mol. The second-order valence-electron chi connectivity index (χ2n) is 3.93. The minimum atomic E-state index is -0.397. The van der Waals surface area contributed by atoms with Crippen molar-refractivity contribution in [1.29, 1.82) is 0 Å². The number of rotatable bonds is 8. The minimum absolute atomic E-state index is 0.106. The van der Waals surface area contributed by atoms with Crippen molar-refractivity contribution in [2.24, 2.45) is 0 Å². The lowest BCUT2D eigenvalue weighted by molar-refractivity contribution is -0.121. The van der Waals surface area contributed by atoms with Gasteiger partial charge in [-0.1, -0.05) is 0 Å². The van der Waals surface area contributed by atoms with Crippen LogP contribution in [0.5, 0.6) is 5.75 Å². The van der Waals surface area contributed by atoms with E-state index in [4.69, 9.17) is 9.47 Å². The third-order valence-electron chi connectivity index (χ3n) is 2.42. The maximum atomic E-state index is 11.8. The highest BCUT2D eigenvalue weighted by atomic mass is 16.5. The molecule has 0 aliphatic carbocycles. The van der Waals surface area contributed by atoms with Gasteiger partial charge in [-0.2, -0.15) is 0 Å². The van der Waals surface area contributed by atoms with E-state index in [0.717, 1.165) is 0 Å². The molecule has 0 bridgehead atoms. The summed E-state index contributed by atoms with van der Waals surface area (Å²) in [5, 5.41) is 5.79. The molecule has 0 saturated carbocycles. The number of pyridine rings is 1. The fourth-order valence-corrected chi connectivity index (χ4v) is 1.47. The van der Waals surface area contributed by atoms with Crippen molar-refractivity contribution in [1.82, 2.24) is 10.3 Å². The highest BCUT2D eigenvalue weighted by Crippen LogP contribution is 2.21. The Labute approximate surface area is 113 Å². The second kappa shape index (κ2) is 8.31. The fourth-order valence-electron chi connectivity index (χ4n) is 1.47. The average molecular weight is 267 g/mol. The number of hydrogen-bond acceptors (Lipinski definition) is 5. The average Bonchev–Trinajstić information content (AvgIpc) is 2.41. The number of ether oxygens (including phenoxy) is 2. The normalized spacial score (nSPS) is 11.7. The van der Waals surface area contributed by atoms with Crippen molar-refractivity contribution in [3.63, 3.8) is 0 Å². The third kappa shape index (κ3) is 5.13. The van der Waals surface area contributed by atoms with E-state index in [1.807, 2.05) is 13.0 Å². The third-order valence-corrected chi connectivity index (χ3v) is 2.42. The van der Waals surface area contributed by atoms with E-state index in [-0.39, 0.29) is 5.91 Å². The van der Waals surface area contributed by atoms with E-state index in [1.54, 1.807) is 26.3 Å². The van der Waals surface area contributed by atoms with Gasteiger partial charge in [0, 0.05) is 19.9 Å². The molecule has 1 rings (SSSR count). The number of carbonyl (C=O) groups excluding carboxylic acids is 1. The Morgan fingerprint density at radius 2 is 2.32 bits per heavy atom. The first-order valence-electron chi connectivity index (χ1n) is 6.30. The molecule has 1 unspecified atom stereocenters. The van der Waals surface area contributed by atoms with Crippen molar-refractivity contribution < 1.29 is 14.3 Å². The molecule has 0 aliphatic heterocycles. The van der Waals surface area contributed by atoms with Gasteiger partial charge in [0.25, 0.3) is 0 Å². The zero-order valence-corrected chi connectivity index (χ0v) is 11.6. The molecule has 0 aliphatic rings. The first-order chi connectivity index (χ1) is 9.19. The van der Waals surface area contributed by atoms with Crippen molar-refractivity contribution >= 4 is 11.7 Å². The van der Waals surface area contributed by atoms with Gasteiger partial charge in [-0.25, -0.2) is 4.98 Å². The Morgan fingerprint density at radius 1 is 1.53 bits per heavy atom. The molecule has 1 aromatic heterocycles. The SMILES string of the molecule is CCOc1cccnc1NC(C)C(=O)NCCOC. The van der Waals surface area contributed by atoms with Gasteiger partial charge in [0.05, 0.1) is 13.2 Å². The van der Waals surface area contributed by atoms with Gasteiger partial charge < -0.3 is 20.1 Å². The maximum absolute atomic E-state index is 11.8. The van der Waals surface area contributed by atoms with Crippen LogP contribution in [0.3, 0.4) is 0 Å². The van der Waals surface area contributed by atoms with Crippen LogP contribution < -0.4 is 15.4 Å². The lowest BCUT2D eigenvalue weighted by Gasteiger charge is -2.16. The van der Waals surface area contributed by atoms with Crippen LogP contribution in [0, 0.1) is 0 Å². The van der Waals surface area contributed by atoms with Crippen LogP contribution in [0.1, 0.15) is 13.8 Å². The predicted octanol–water partition coefficient (Wildman–Crippen LogP) is 1.04. The number of amides is 1. The summed E-state index contributed by atoms with van der Waals surface area (Å²) < 4.78 is 10.3. The largest absolute Gasteiger partial charge is 0.490 e. The van der Waals surface area contributed by atoms with Crippen molar-refractivity contribution in [2.45, 2.75) is 19.9 Å². The standard InChI is InChI=1S/C13H21N3O3/c1-4-19-11-6-5-7-14-12(11)16-10(2)13(17)15-8-9-18-3/h5-7,10H,4,8-9H2,1-3H3,(H,14,16)(H,15,17). The maximum Gasteiger partial charge on any atom is 0.242 e. The Balaban J connectivity index is 2.55. The molecule has 19 heavy (non-hydrogen) atoms. The summed E-state index contributed by atoms with van der Waals surface area (Å²) in [6, 6.07) is 3.21.